The summed E-state index contributed by atoms with van der Waals surface area (Å²) in [4.78, 5) is 36.1. The van der Waals surface area contributed by atoms with Crippen LogP contribution in [0.3, 0.4) is 0 Å². The van der Waals surface area contributed by atoms with Crippen molar-refractivity contribution in [2.75, 3.05) is 13.2 Å². The molecular formula is C22H32F2O6. The van der Waals surface area contributed by atoms with Gasteiger partial charge in [-0.05, 0) is 70.6 Å². The third-order valence-electron chi connectivity index (χ3n) is 7.08. The standard InChI is InChI=1S/C22H32F2O6/c1-5-19(2,3)17(26)28-11-16(25)30-22-9-14-6-15(10-22)8-21(7-14,12-22)13-29-18(27)20(4,23)24/h14-15H,5-13H2,1-4H3. The summed E-state index contributed by atoms with van der Waals surface area (Å²) < 4.78 is 42.4. The molecule has 4 rings (SSSR count). The van der Waals surface area contributed by atoms with E-state index in [4.69, 9.17) is 14.2 Å². The fourth-order valence-electron chi connectivity index (χ4n) is 5.73. The fraction of sp³-hybridized carbons (Fsp3) is 0.864. The first-order valence-electron chi connectivity index (χ1n) is 10.7. The summed E-state index contributed by atoms with van der Waals surface area (Å²) >= 11 is 0. The quantitative estimate of drug-likeness (QED) is 0.427. The molecule has 170 valence electrons. The Morgan fingerprint density at radius 2 is 1.57 bits per heavy atom. The van der Waals surface area contributed by atoms with Crippen molar-refractivity contribution in [3.05, 3.63) is 0 Å². The second-order valence-corrected chi connectivity index (χ2v) is 10.4. The lowest BCUT2D eigenvalue weighted by molar-refractivity contribution is -0.217. The first-order valence-corrected chi connectivity index (χ1v) is 10.7. The normalized spacial score (nSPS) is 32.6. The highest BCUT2D eigenvalue weighted by atomic mass is 19.3. The van der Waals surface area contributed by atoms with Gasteiger partial charge in [0.25, 0.3) is 0 Å². The first-order chi connectivity index (χ1) is 13.8. The van der Waals surface area contributed by atoms with E-state index in [1.54, 1.807) is 13.8 Å². The number of halogens is 2. The van der Waals surface area contributed by atoms with Crippen LogP contribution >= 0.6 is 0 Å². The van der Waals surface area contributed by atoms with Crippen LogP contribution in [0.25, 0.3) is 0 Å². The molecule has 8 heteroatoms. The maximum Gasteiger partial charge on any atom is 0.376 e. The zero-order valence-electron chi connectivity index (χ0n) is 18.2. The van der Waals surface area contributed by atoms with Crippen LogP contribution in [-0.2, 0) is 28.6 Å². The number of carbonyl (C=O) groups excluding carboxylic acids is 3. The lowest BCUT2D eigenvalue weighted by Gasteiger charge is -2.60. The topological polar surface area (TPSA) is 78.9 Å². The molecule has 6 nitrogen and oxygen atoms in total. The highest BCUT2D eigenvalue weighted by Gasteiger charge is 2.60. The number of alkyl halides is 2. The summed E-state index contributed by atoms with van der Waals surface area (Å²) in [5.74, 6) is -5.47. The van der Waals surface area contributed by atoms with Crippen molar-refractivity contribution < 1.29 is 37.4 Å². The Kier molecular flexibility index (Phi) is 5.93. The molecule has 0 N–H and O–H groups in total. The van der Waals surface area contributed by atoms with E-state index in [1.165, 1.54) is 0 Å². The van der Waals surface area contributed by atoms with Gasteiger partial charge >= 0.3 is 23.8 Å². The Bertz CT molecular complexity index is 697. The van der Waals surface area contributed by atoms with Crippen LogP contribution in [0.4, 0.5) is 8.78 Å². The molecule has 4 saturated carbocycles. The third-order valence-corrected chi connectivity index (χ3v) is 7.08. The molecule has 0 aromatic heterocycles. The van der Waals surface area contributed by atoms with Gasteiger partial charge in [-0.15, -0.1) is 0 Å². The van der Waals surface area contributed by atoms with Crippen LogP contribution < -0.4 is 0 Å². The van der Waals surface area contributed by atoms with Gasteiger partial charge in [-0.1, -0.05) is 6.92 Å². The van der Waals surface area contributed by atoms with E-state index >= 15 is 0 Å². The van der Waals surface area contributed by atoms with Crippen LogP contribution in [0, 0.1) is 22.7 Å². The fourth-order valence-corrected chi connectivity index (χ4v) is 5.73. The van der Waals surface area contributed by atoms with Crippen LogP contribution in [0.2, 0.25) is 0 Å². The van der Waals surface area contributed by atoms with Crippen LogP contribution in [0.15, 0.2) is 0 Å². The minimum absolute atomic E-state index is 0.0821. The third kappa shape index (κ3) is 4.78. The largest absolute Gasteiger partial charge is 0.461 e. The van der Waals surface area contributed by atoms with Crippen molar-refractivity contribution in [1.29, 1.82) is 0 Å². The van der Waals surface area contributed by atoms with Gasteiger partial charge in [-0.2, -0.15) is 8.78 Å². The number of ether oxygens (including phenoxy) is 3. The highest BCUT2D eigenvalue weighted by Crippen LogP contribution is 2.63. The Morgan fingerprint density at radius 1 is 0.967 bits per heavy atom. The molecule has 4 aliphatic rings. The second-order valence-electron chi connectivity index (χ2n) is 10.4. The SMILES string of the molecule is CCC(C)(C)C(=O)OCC(=O)OC12CC3CC(CC(COC(=O)C(C)(F)F)(C3)C1)C2. The van der Waals surface area contributed by atoms with E-state index in [0.29, 0.717) is 44.4 Å². The van der Waals surface area contributed by atoms with Crippen LogP contribution in [-0.4, -0.2) is 42.6 Å². The van der Waals surface area contributed by atoms with Crippen molar-refractivity contribution in [1.82, 2.24) is 0 Å². The summed E-state index contributed by atoms with van der Waals surface area (Å²) in [5, 5.41) is 0. The Balaban J connectivity index is 1.62. The number of hydrogen-bond donors (Lipinski definition) is 0. The minimum Gasteiger partial charge on any atom is -0.461 e. The monoisotopic (exact) mass is 430 g/mol. The Morgan fingerprint density at radius 3 is 2.10 bits per heavy atom. The molecule has 30 heavy (non-hydrogen) atoms. The maximum atomic E-state index is 13.2. The smallest absolute Gasteiger partial charge is 0.376 e. The molecule has 4 aliphatic carbocycles. The Labute approximate surface area is 176 Å². The number of carbonyl (C=O) groups is 3. The van der Waals surface area contributed by atoms with Gasteiger partial charge in [-0.25, -0.2) is 9.59 Å². The van der Waals surface area contributed by atoms with Crippen molar-refractivity contribution in [2.24, 2.45) is 22.7 Å². The first kappa shape index (κ1) is 22.9. The van der Waals surface area contributed by atoms with Crippen molar-refractivity contribution in [3.8, 4) is 0 Å². The molecule has 0 heterocycles. The van der Waals surface area contributed by atoms with Crippen LogP contribution in [0.1, 0.15) is 72.6 Å². The zero-order chi connectivity index (χ0) is 22.4. The number of rotatable bonds is 8. The van der Waals surface area contributed by atoms with Gasteiger partial charge in [0.15, 0.2) is 6.61 Å². The molecule has 0 spiro atoms. The van der Waals surface area contributed by atoms with Crippen LogP contribution in [0.5, 0.6) is 0 Å². The lowest BCUT2D eigenvalue weighted by atomic mass is 9.48. The van der Waals surface area contributed by atoms with Crippen molar-refractivity contribution in [3.63, 3.8) is 0 Å². The highest BCUT2D eigenvalue weighted by molar-refractivity contribution is 5.80. The lowest BCUT2D eigenvalue weighted by Crippen LogP contribution is -2.59. The molecule has 4 bridgehead atoms. The predicted molar refractivity (Wildman–Crippen MR) is 103 cm³/mol. The van der Waals surface area contributed by atoms with E-state index < -0.39 is 46.9 Å². The van der Waals surface area contributed by atoms with Crippen molar-refractivity contribution >= 4 is 17.9 Å². The van der Waals surface area contributed by atoms with E-state index in [9.17, 15) is 23.2 Å². The predicted octanol–water partition coefficient (Wildman–Crippen LogP) is 4.05. The Hall–Kier alpha value is -1.73. The summed E-state index contributed by atoms with van der Waals surface area (Å²) in [6, 6.07) is 0. The number of hydrogen-bond acceptors (Lipinski definition) is 6. The second kappa shape index (κ2) is 7.75. The molecule has 0 amide bonds. The molecule has 0 aromatic carbocycles. The van der Waals surface area contributed by atoms with Gasteiger partial charge in [0.1, 0.15) is 5.60 Å². The molecular weight excluding hydrogens is 398 g/mol. The molecule has 0 saturated heterocycles. The van der Waals surface area contributed by atoms with E-state index in [2.05, 4.69) is 0 Å². The average Bonchev–Trinajstić information content (AvgIpc) is 2.61. The van der Waals surface area contributed by atoms with Gasteiger partial charge in [-0.3, -0.25) is 4.79 Å². The van der Waals surface area contributed by atoms with E-state index in [1.807, 2.05) is 6.92 Å². The molecule has 0 aliphatic heterocycles. The minimum atomic E-state index is -3.53. The van der Waals surface area contributed by atoms with Gasteiger partial charge in [0, 0.05) is 12.3 Å². The summed E-state index contributed by atoms with van der Waals surface area (Å²) in [5.41, 5.74) is -1.81. The summed E-state index contributed by atoms with van der Waals surface area (Å²) in [6.45, 7) is 5.38. The van der Waals surface area contributed by atoms with E-state index in [0.717, 1.165) is 19.3 Å². The molecule has 2 atom stereocenters. The zero-order valence-corrected chi connectivity index (χ0v) is 18.2. The molecule has 2 unspecified atom stereocenters. The summed E-state index contributed by atoms with van der Waals surface area (Å²) in [7, 11) is 0. The molecule has 0 aromatic rings. The van der Waals surface area contributed by atoms with Gasteiger partial charge in [0.05, 0.1) is 12.0 Å². The van der Waals surface area contributed by atoms with Crippen molar-refractivity contribution in [2.45, 2.75) is 84.2 Å². The average molecular weight is 430 g/mol. The molecule has 0 radical (unpaired) electrons. The van der Waals surface area contributed by atoms with Gasteiger partial charge in [0.2, 0.25) is 0 Å². The maximum absolute atomic E-state index is 13.2. The molecule has 4 fully saturated rings. The van der Waals surface area contributed by atoms with Gasteiger partial charge < -0.3 is 14.2 Å². The van der Waals surface area contributed by atoms with E-state index in [-0.39, 0.29) is 6.61 Å². The summed E-state index contributed by atoms with van der Waals surface area (Å²) in [6.07, 6.45) is 5.07. The number of esters is 3.